The smallest absolute Gasteiger partial charge is 0.223 e. The maximum atomic E-state index is 13.6. The predicted molar refractivity (Wildman–Crippen MR) is 141 cm³/mol. The van der Waals surface area contributed by atoms with E-state index in [2.05, 4.69) is 59.0 Å². The fourth-order valence-corrected chi connectivity index (χ4v) is 6.83. The van der Waals surface area contributed by atoms with Crippen LogP contribution in [-0.2, 0) is 9.59 Å². The molecule has 2 fully saturated rings. The summed E-state index contributed by atoms with van der Waals surface area (Å²) in [7, 11) is 0. The number of rotatable bonds is 9. The Morgan fingerprint density at radius 3 is 1.91 bits per heavy atom. The van der Waals surface area contributed by atoms with Gasteiger partial charge in [0, 0.05) is 18.3 Å². The van der Waals surface area contributed by atoms with E-state index in [9.17, 15) is 9.59 Å². The number of carbonyl (C=O) groups is 2. The van der Waals surface area contributed by atoms with Gasteiger partial charge in [-0.15, -0.1) is 0 Å². The van der Waals surface area contributed by atoms with Crippen LogP contribution in [0.3, 0.4) is 0 Å². The average molecular weight is 468 g/mol. The fraction of sp³-hybridized carbons (Fsp3) is 0.742. The van der Waals surface area contributed by atoms with Gasteiger partial charge in [-0.25, -0.2) is 0 Å². The maximum Gasteiger partial charge on any atom is 0.223 e. The molecule has 0 heterocycles. The third-order valence-electron chi connectivity index (χ3n) is 8.99. The fourth-order valence-electron chi connectivity index (χ4n) is 6.83. The molecular weight excluding hydrogens is 418 g/mol. The summed E-state index contributed by atoms with van der Waals surface area (Å²) in [5, 5.41) is 3.42. The lowest BCUT2D eigenvalue weighted by molar-refractivity contribution is -0.131. The summed E-state index contributed by atoms with van der Waals surface area (Å²) in [5.41, 5.74) is 1.12. The number of hydrogen-bond donors (Lipinski definition) is 1. The molecule has 7 atom stereocenters. The van der Waals surface area contributed by atoms with Crippen LogP contribution in [-0.4, -0.2) is 11.7 Å². The van der Waals surface area contributed by atoms with Crippen LogP contribution in [0.25, 0.3) is 0 Å². The van der Waals surface area contributed by atoms with Gasteiger partial charge in [0.2, 0.25) is 5.91 Å². The quantitative estimate of drug-likeness (QED) is 0.406. The molecule has 2 saturated carbocycles. The first-order valence-corrected chi connectivity index (χ1v) is 14.0. The van der Waals surface area contributed by atoms with Crippen LogP contribution >= 0.6 is 0 Å². The molecule has 0 spiro atoms. The van der Waals surface area contributed by atoms with Crippen molar-refractivity contribution in [1.29, 1.82) is 0 Å². The minimum Gasteiger partial charge on any atom is -0.349 e. The number of ketones is 1. The zero-order valence-electron chi connectivity index (χ0n) is 22.6. The van der Waals surface area contributed by atoms with Crippen molar-refractivity contribution in [2.75, 3.05) is 0 Å². The Morgan fingerprint density at radius 2 is 1.35 bits per heavy atom. The summed E-state index contributed by atoms with van der Waals surface area (Å²) in [5.74, 6) is 4.11. The number of Topliss-reactive ketones (excluding diaryl/α,β-unsaturated/α-hetero) is 1. The highest BCUT2D eigenvalue weighted by molar-refractivity contribution is 5.82. The molecule has 0 bridgehead atoms. The molecule has 1 amide bonds. The zero-order chi connectivity index (χ0) is 24.8. The molecule has 3 heteroatoms. The number of amides is 1. The lowest BCUT2D eigenvalue weighted by atomic mass is 9.68. The van der Waals surface area contributed by atoms with Crippen LogP contribution in [0.15, 0.2) is 30.3 Å². The number of benzene rings is 1. The van der Waals surface area contributed by atoms with Crippen molar-refractivity contribution in [3.8, 4) is 0 Å². The summed E-state index contributed by atoms with van der Waals surface area (Å²) in [6.45, 7) is 13.6. The van der Waals surface area contributed by atoms with E-state index in [0.29, 0.717) is 54.1 Å². The first-order chi connectivity index (χ1) is 16.2. The Kier molecular flexibility index (Phi) is 9.80. The lowest BCUT2D eigenvalue weighted by Crippen LogP contribution is -2.42. The number of nitrogens with one attached hydrogen (secondary N) is 1. The van der Waals surface area contributed by atoms with Gasteiger partial charge in [0.05, 0.1) is 6.04 Å². The molecule has 1 aromatic carbocycles. The Hall–Kier alpha value is -1.64. The molecule has 190 valence electrons. The molecule has 1 aromatic rings. The van der Waals surface area contributed by atoms with Crippen molar-refractivity contribution >= 4 is 11.7 Å². The van der Waals surface area contributed by atoms with Gasteiger partial charge >= 0.3 is 0 Å². The highest BCUT2D eigenvalue weighted by Gasteiger charge is 2.37. The van der Waals surface area contributed by atoms with Crippen LogP contribution in [0.4, 0.5) is 0 Å². The normalized spacial score (nSPS) is 30.8. The summed E-state index contributed by atoms with van der Waals surface area (Å²) in [4.78, 5) is 27.0. The third-order valence-corrected chi connectivity index (χ3v) is 8.99. The number of hydrogen-bond acceptors (Lipinski definition) is 2. The SMILES string of the molecule is CC(C)[C@@H]1CC[C@@H](C)C[C@H]1C(=O)CC[C@@H](NC(=O)[C@@H]1C[C@H](C)CC[C@H]1C(C)C)c1ccccc1. The van der Waals surface area contributed by atoms with Gasteiger partial charge in [-0.1, -0.05) is 84.7 Å². The Bertz CT molecular complexity index is 786. The topological polar surface area (TPSA) is 46.2 Å². The molecule has 34 heavy (non-hydrogen) atoms. The summed E-state index contributed by atoms with van der Waals surface area (Å²) >= 11 is 0. The van der Waals surface area contributed by atoms with E-state index >= 15 is 0 Å². The Balaban J connectivity index is 1.71. The highest BCUT2D eigenvalue weighted by atomic mass is 16.2. The van der Waals surface area contributed by atoms with E-state index in [1.165, 1.54) is 19.3 Å². The van der Waals surface area contributed by atoms with Crippen LogP contribution in [0.1, 0.15) is 105 Å². The van der Waals surface area contributed by atoms with Crippen LogP contribution < -0.4 is 5.32 Å². The van der Waals surface area contributed by atoms with Crippen molar-refractivity contribution < 1.29 is 9.59 Å². The van der Waals surface area contributed by atoms with Crippen molar-refractivity contribution in [2.24, 2.45) is 47.3 Å². The van der Waals surface area contributed by atoms with Crippen molar-refractivity contribution in [1.82, 2.24) is 5.32 Å². The maximum absolute atomic E-state index is 13.6. The molecule has 0 unspecified atom stereocenters. The minimum absolute atomic E-state index is 0.0789. The second-order valence-electron chi connectivity index (χ2n) is 12.3. The van der Waals surface area contributed by atoms with E-state index in [-0.39, 0.29) is 23.8 Å². The number of carbonyl (C=O) groups excluding carboxylic acids is 2. The van der Waals surface area contributed by atoms with E-state index < -0.39 is 0 Å². The Labute approximate surface area is 208 Å². The zero-order valence-corrected chi connectivity index (χ0v) is 22.6. The van der Waals surface area contributed by atoms with E-state index in [1.54, 1.807) is 0 Å². The van der Waals surface area contributed by atoms with Gasteiger partial charge in [-0.05, 0) is 73.2 Å². The second kappa shape index (κ2) is 12.4. The molecule has 0 aliphatic heterocycles. The van der Waals surface area contributed by atoms with Gasteiger partial charge in [-0.2, -0.15) is 0 Å². The van der Waals surface area contributed by atoms with Crippen molar-refractivity contribution in [3.05, 3.63) is 35.9 Å². The Morgan fingerprint density at radius 1 is 0.824 bits per heavy atom. The summed E-state index contributed by atoms with van der Waals surface area (Å²) in [6.07, 6.45) is 8.03. The van der Waals surface area contributed by atoms with Crippen molar-refractivity contribution in [2.45, 2.75) is 99.0 Å². The van der Waals surface area contributed by atoms with E-state index in [1.807, 2.05) is 18.2 Å². The van der Waals surface area contributed by atoms with Gasteiger partial charge < -0.3 is 5.32 Å². The molecule has 2 aliphatic carbocycles. The van der Waals surface area contributed by atoms with E-state index in [4.69, 9.17) is 0 Å². The molecule has 3 rings (SSSR count). The monoisotopic (exact) mass is 467 g/mol. The van der Waals surface area contributed by atoms with Gasteiger partial charge in [0.25, 0.3) is 0 Å². The molecular formula is C31H49NO2. The molecule has 0 radical (unpaired) electrons. The van der Waals surface area contributed by atoms with Crippen LogP contribution in [0.5, 0.6) is 0 Å². The molecule has 3 nitrogen and oxygen atoms in total. The second-order valence-corrected chi connectivity index (χ2v) is 12.3. The lowest BCUT2D eigenvalue weighted by Gasteiger charge is -2.38. The minimum atomic E-state index is -0.0961. The largest absolute Gasteiger partial charge is 0.349 e. The first-order valence-electron chi connectivity index (χ1n) is 14.0. The van der Waals surface area contributed by atoms with Gasteiger partial charge in [0.15, 0.2) is 0 Å². The van der Waals surface area contributed by atoms with Crippen molar-refractivity contribution in [3.63, 3.8) is 0 Å². The van der Waals surface area contributed by atoms with E-state index in [0.717, 1.165) is 24.8 Å². The summed E-state index contributed by atoms with van der Waals surface area (Å²) < 4.78 is 0. The average Bonchev–Trinajstić information content (AvgIpc) is 2.81. The van der Waals surface area contributed by atoms with Gasteiger partial charge in [-0.3, -0.25) is 9.59 Å². The van der Waals surface area contributed by atoms with Crippen LogP contribution in [0, 0.1) is 47.3 Å². The molecule has 0 saturated heterocycles. The summed E-state index contributed by atoms with van der Waals surface area (Å²) in [6, 6.07) is 10.2. The standard InChI is InChI=1S/C31H49NO2/c1-20(2)25-14-12-22(5)18-27(25)30(33)17-16-29(24-10-8-7-9-11-24)32-31(34)28-19-23(6)13-15-26(28)21(3)4/h7-11,20-23,25-29H,12-19H2,1-6H3,(H,32,34)/t22-,23-,25+,26+,27-,28-,29-/m1/s1. The molecule has 1 N–H and O–H groups in total. The first kappa shape index (κ1) is 27.0. The molecule has 2 aliphatic rings. The van der Waals surface area contributed by atoms with Gasteiger partial charge in [0.1, 0.15) is 5.78 Å². The molecule has 0 aromatic heterocycles. The van der Waals surface area contributed by atoms with Crippen LogP contribution in [0.2, 0.25) is 0 Å². The highest BCUT2D eigenvalue weighted by Crippen LogP contribution is 2.40. The predicted octanol–water partition coefficient (Wildman–Crippen LogP) is 7.61. The third kappa shape index (κ3) is 6.95.